The summed E-state index contributed by atoms with van der Waals surface area (Å²) < 4.78 is 6.54. The Morgan fingerprint density at radius 1 is 0.977 bits per heavy atom. The number of likely N-dealkylation sites (N-methyl/N-ethyl adjacent to an activating group) is 1. The average molecular weight is 592 g/mol. The van der Waals surface area contributed by atoms with Gasteiger partial charge in [0, 0.05) is 44.5 Å². The SMILES string of the molecule is CCN1CCN(CCCN2C(=O)[C@@H]3[C@@H](C(=O)Nc4ccc(C(C)C)cc4)[C@@H]4C=C[C@@]3(O4)[C@@H]2C(=O)NC2CCCCC2)CC1. The highest BCUT2D eigenvalue weighted by atomic mass is 16.5. The summed E-state index contributed by atoms with van der Waals surface area (Å²) in [6.45, 7) is 13.1. The summed E-state index contributed by atoms with van der Waals surface area (Å²) >= 11 is 0. The fraction of sp³-hybridized carbons (Fsp3) is 0.676. The second kappa shape index (κ2) is 12.7. The summed E-state index contributed by atoms with van der Waals surface area (Å²) in [7, 11) is 0. The van der Waals surface area contributed by atoms with Gasteiger partial charge in [0.15, 0.2) is 0 Å². The van der Waals surface area contributed by atoms with Crippen LogP contribution in [-0.4, -0.2) is 102 Å². The van der Waals surface area contributed by atoms with Crippen LogP contribution < -0.4 is 10.6 Å². The Labute approximate surface area is 256 Å². The van der Waals surface area contributed by atoms with Gasteiger partial charge in [-0.1, -0.05) is 64.3 Å². The quantitative estimate of drug-likeness (QED) is 0.406. The molecule has 3 amide bonds. The van der Waals surface area contributed by atoms with Gasteiger partial charge in [0.2, 0.25) is 17.7 Å². The number of fused-ring (bicyclic) bond motifs is 1. The van der Waals surface area contributed by atoms with Gasteiger partial charge in [-0.3, -0.25) is 14.4 Å². The number of nitrogens with zero attached hydrogens (tertiary/aromatic N) is 3. The third-order valence-corrected chi connectivity index (χ3v) is 10.5. The van der Waals surface area contributed by atoms with Gasteiger partial charge in [-0.2, -0.15) is 0 Å². The minimum Gasteiger partial charge on any atom is -0.359 e. The number of anilines is 1. The van der Waals surface area contributed by atoms with Crippen molar-refractivity contribution in [2.45, 2.75) is 89.0 Å². The molecule has 1 spiro atoms. The molecule has 5 aliphatic rings. The van der Waals surface area contributed by atoms with Gasteiger partial charge in [0.1, 0.15) is 11.6 Å². The van der Waals surface area contributed by atoms with Crippen LogP contribution in [-0.2, 0) is 19.1 Å². The molecule has 2 bridgehead atoms. The van der Waals surface area contributed by atoms with Crippen LogP contribution in [0.2, 0.25) is 0 Å². The van der Waals surface area contributed by atoms with Gasteiger partial charge < -0.3 is 30.1 Å². The minimum atomic E-state index is -1.11. The third-order valence-electron chi connectivity index (χ3n) is 10.5. The molecule has 4 heterocycles. The Balaban J connectivity index is 1.20. The highest BCUT2D eigenvalue weighted by molar-refractivity contribution is 6.02. The van der Waals surface area contributed by atoms with Gasteiger partial charge >= 0.3 is 0 Å². The second-order valence-corrected chi connectivity index (χ2v) is 13.5. The molecule has 0 aromatic heterocycles. The zero-order chi connectivity index (χ0) is 30.1. The topological polar surface area (TPSA) is 94.2 Å². The zero-order valence-corrected chi connectivity index (χ0v) is 26.1. The fourth-order valence-electron chi connectivity index (χ4n) is 8.01. The largest absolute Gasteiger partial charge is 0.359 e. The maximum atomic E-state index is 14.3. The van der Waals surface area contributed by atoms with Crippen molar-refractivity contribution < 1.29 is 19.1 Å². The van der Waals surface area contributed by atoms with Crippen molar-refractivity contribution >= 4 is 23.4 Å². The lowest BCUT2D eigenvalue weighted by atomic mass is 9.74. The molecule has 1 saturated carbocycles. The van der Waals surface area contributed by atoms with Crippen LogP contribution in [0.3, 0.4) is 0 Å². The number of rotatable bonds is 10. The highest BCUT2D eigenvalue weighted by Crippen LogP contribution is 2.55. The summed E-state index contributed by atoms with van der Waals surface area (Å²) in [5.74, 6) is -1.51. The molecule has 0 radical (unpaired) electrons. The van der Waals surface area contributed by atoms with E-state index in [1.54, 1.807) is 4.90 Å². The van der Waals surface area contributed by atoms with Crippen molar-refractivity contribution in [1.29, 1.82) is 0 Å². The molecule has 43 heavy (non-hydrogen) atoms. The van der Waals surface area contributed by atoms with E-state index >= 15 is 0 Å². The third kappa shape index (κ3) is 5.88. The smallest absolute Gasteiger partial charge is 0.246 e. The van der Waals surface area contributed by atoms with Gasteiger partial charge in [-0.25, -0.2) is 0 Å². The molecule has 2 N–H and O–H groups in total. The van der Waals surface area contributed by atoms with Crippen molar-refractivity contribution in [1.82, 2.24) is 20.0 Å². The molecule has 1 aromatic rings. The predicted octanol–water partition coefficient (Wildman–Crippen LogP) is 3.38. The Morgan fingerprint density at radius 2 is 1.67 bits per heavy atom. The Bertz CT molecular complexity index is 1200. The van der Waals surface area contributed by atoms with Crippen LogP contribution in [0.25, 0.3) is 0 Å². The van der Waals surface area contributed by atoms with E-state index in [1.807, 2.05) is 36.4 Å². The molecule has 6 rings (SSSR count). The van der Waals surface area contributed by atoms with Crippen molar-refractivity contribution in [2.75, 3.05) is 51.1 Å². The first-order chi connectivity index (χ1) is 20.8. The molecular weight excluding hydrogens is 542 g/mol. The number of amides is 3. The number of benzene rings is 1. The second-order valence-electron chi connectivity index (χ2n) is 13.5. The Kier molecular flexibility index (Phi) is 8.94. The van der Waals surface area contributed by atoms with Crippen molar-refractivity contribution in [2.24, 2.45) is 11.8 Å². The summed E-state index contributed by atoms with van der Waals surface area (Å²) in [6, 6.07) is 7.23. The van der Waals surface area contributed by atoms with Gasteiger partial charge in [-0.05, 0) is 56.0 Å². The van der Waals surface area contributed by atoms with E-state index < -0.39 is 29.6 Å². The van der Waals surface area contributed by atoms with Crippen LogP contribution in [0.5, 0.6) is 0 Å². The van der Waals surface area contributed by atoms with E-state index in [9.17, 15) is 14.4 Å². The number of piperazine rings is 1. The van der Waals surface area contributed by atoms with E-state index in [0.29, 0.717) is 18.2 Å². The lowest BCUT2D eigenvalue weighted by molar-refractivity contribution is -0.141. The lowest BCUT2D eigenvalue weighted by Crippen LogP contribution is -2.56. The number of carbonyl (C=O) groups is 3. The van der Waals surface area contributed by atoms with Crippen LogP contribution in [0.4, 0.5) is 5.69 Å². The molecule has 9 heteroatoms. The van der Waals surface area contributed by atoms with E-state index in [-0.39, 0.29) is 23.8 Å². The molecule has 4 fully saturated rings. The normalized spacial score (nSPS) is 31.2. The number of carbonyl (C=O) groups excluding carboxylic acids is 3. The van der Waals surface area contributed by atoms with Gasteiger partial charge in [0.05, 0.1) is 17.9 Å². The first-order valence-electron chi connectivity index (χ1n) is 16.6. The molecule has 3 saturated heterocycles. The van der Waals surface area contributed by atoms with Gasteiger partial charge in [0.25, 0.3) is 0 Å². The molecule has 234 valence electrons. The number of hydrogen-bond donors (Lipinski definition) is 2. The summed E-state index contributed by atoms with van der Waals surface area (Å²) in [5.41, 5.74) is 0.785. The summed E-state index contributed by atoms with van der Waals surface area (Å²) in [6.07, 6.45) is 9.41. The van der Waals surface area contributed by atoms with Crippen LogP contribution in [0, 0.1) is 11.8 Å². The van der Waals surface area contributed by atoms with E-state index in [0.717, 1.165) is 71.4 Å². The fourth-order valence-corrected chi connectivity index (χ4v) is 8.01. The zero-order valence-electron chi connectivity index (χ0n) is 26.1. The van der Waals surface area contributed by atoms with Crippen molar-refractivity contribution in [3.63, 3.8) is 0 Å². The molecule has 0 unspecified atom stereocenters. The molecule has 1 aliphatic carbocycles. The van der Waals surface area contributed by atoms with Crippen molar-refractivity contribution in [3.8, 4) is 0 Å². The van der Waals surface area contributed by atoms with Gasteiger partial charge in [-0.15, -0.1) is 0 Å². The standard InChI is InChI=1S/C34H49N5O4/c1-4-37-19-21-38(22-20-37)17-8-18-39-30(32(41)36-25-9-6-5-7-10-25)34-16-15-27(43-34)28(29(34)33(39)42)31(40)35-26-13-11-24(12-14-26)23(2)3/h11-16,23,25,27-30H,4-10,17-22H2,1-3H3,(H,35,40)(H,36,41)/t27-,28-,29-,30-,34-/m0/s1. The molecule has 9 nitrogen and oxygen atoms in total. The van der Waals surface area contributed by atoms with Crippen LogP contribution >= 0.6 is 0 Å². The summed E-state index contributed by atoms with van der Waals surface area (Å²) in [5, 5.41) is 6.34. The minimum absolute atomic E-state index is 0.124. The number of likely N-dealkylation sites (tertiary alicyclic amines) is 1. The highest BCUT2D eigenvalue weighted by Gasteiger charge is 2.72. The first-order valence-corrected chi connectivity index (χ1v) is 16.6. The van der Waals surface area contributed by atoms with E-state index in [2.05, 4.69) is 41.2 Å². The van der Waals surface area contributed by atoms with Crippen molar-refractivity contribution in [3.05, 3.63) is 42.0 Å². The number of nitrogens with one attached hydrogen (secondary N) is 2. The lowest BCUT2D eigenvalue weighted by Gasteiger charge is -2.36. The van der Waals surface area contributed by atoms with Crippen LogP contribution in [0.15, 0.2) is 36.4 Å². The van der Waals surface area contributed by atoms with E-state index in [4.69, 9.17) is 4.74 Å². The average Bonchev–Trinajstić information content (AvgIpc) is 3.65. The molecule has 5 atom stereocenters. The molecule has 1 aromatic carbocycles. The predicted molar refractivity (Wildman–Crippen MR) is 167 cm³/mol. The molecular formula is C34H49N5O4. The van der Waals surface area contributed by atoms with Crippen LogP contribution in [0.1, 0.15) is 70.8 Å². The summed E-state index contributed by atoms with van der Waals surface area (Å²) in [4.78, 5) is 48.7. The maximum absolute atomic E-state index is 14.3. The number of ether oxygens (including phenoxy) is 1. The number of hydrogen-bond acceptors (Lipinski definition) is 6. The van der Waals surface area contributed by atoms with E-state index in [1.165, 1.54) is 12.0 Å². The Hall–Kier alpha value is -2.75. The molecule has 4 aliphatic heterocycles. The maximum Gasteiger partial charge on any atom is 0.246 e. The monoisotopic (exact) mass is 591 g/mol. The Morgan fingerprint density at radius 3 is 2.35 bits per heavy atom. The first kappa shape index (κ1) is 30.3.